The molecule has 10 nitrogen and oxygen atoms in total. The highest BCUT2D eigenvalue weighted by Crippen LogP contribution is 2.38. The Morgan fingerprint density at radius 1 is 1.26 bits per heavy atom. The average Bonchev–Trinajstić information content (AvgIpc) is 3.14. The van der Waals surface area contributed by atoms with Gasteiger partial charge < -0.3 is 15.4 Å². The van der Waals surface area contributed by atoms with Crippen molar-refractivity contribution >= 4 is 29.8 Å². The summed E-state index contributed by atoms with van der Waals surface area (Å²) in [5, 5.41) is 5.24. The topological polar surface area (TPSA) is 125 Å². The van der Waals surface area contributed by atoms with Crippen LogP contribution in [0.4, 0.5) is 9.59 Å². The first-order valence-electron chi connectivity index (χ1n) is 9.19. The molecule has 27 heavy (non-hydrogen) atoms. The van der Waals surface area contributed by atoms with Gasteiger partial charge in [-0.05, 0) is 25.7 Å². The Morgan fingerprint density at radius 2 is 2.00 bits per heavy atom. The third kappa shape index (κ3) is 3.35. The zero-order valence-corrected chi connectivity index (χ0v) is 15.4. The van der Waals surface area contributed by atoms with Crippen molar-refractivity contribution in [2.45, 2.75) is 51.2 Å². The lowest BCUT2D eigenvalue weighted by Crippen LogP contribution is -2.54. The summed E-state index contributed by atoms with van der Waals surface area (Å²) in [4.78, 5) is 62.8. The van der Waals surface area contributed by atoms with Crippen molar-refractivity contribution in [3.63, 3.8) is 0 Å². The van der Waals surface area contributed by atoms with Crippen molar-refractivity contribution in [3.05, 3.63) is 0 Å². The van der Waals surface area contributed by atoms with E-state index in [1.807, 2.05) is 6.92 Å². The first-order chi connectivity index (χ1) is 12.8. The van der Waals surface area contributed by atoms with Crippen LogP contribution in [-0.2, 0) is 19.1 Å². The molecule has 2 N–H and O–H groups in total. The molecule has 3 rings (SSSR count). The molecule has 0 aromatic carbocycles. The molecule has 1 aliphatic carbocycles. The predicted octanol–water partition coefficient (Wildman–Crippen LogP) is -0.0294. The Balaban J connectivity index is 1.60. The van der Waals surface area contributed by atoms with Crippen LogP contribution < -0.4 is 10.6 Å². The number of urea groups is 2. The number of hydrogen-bond acceptors (Lipinski definition) is 6. The van der Waals surface area contributed by atoms with Gasteiger partial charge in [-0.1, -0.05) is 19.8 Å². The molecule has 1 saturated carbocycles. The second-order valence-corrected chi connectivity index (χ2v) is 7.29. The molecule has 0 radical (unpaired) electrons. The van der Waals surface area contributed by atoms with Gasteiger partial charge in [-0.3, -0.25) is 24.2 Å². The number of hydrogen-bond donors (Lipinski definition) is 2. The maximum Gasteiger partial charge on any atom is 0.327 e. The zero-order chi connectivity index (χ0) is 19.8. The van der Waals surface area contributed by atoms with E-state index in [4.69, 9.17) is 4.74 Å². The molecule has 6 amide bonds. The number of nitrogens with one attached hydrogen (secondary N) is 2. The minimum absolute atomic E-state index is 0.0158. The molecule has 3 atom stereocenters. The molecule has 2 saturated heterocycles. The Kier molecular flexibility index (Phi) is 5.07. The highest BCUT2D eigenvalue weighted by Gasteiger charge is 2.55. The average molecular weight is 380 g/mol. The van der Waals surface area contributed by atoms with Crippen molar-refractivity contribution in [2.75, 3.05) is 19.6 Å². The van der Waals surface area contributed by atoms with E-state index in [-0.39, 0.29) is 12.5 Å². The Hall–Kier alpha value is -2.65. The minimum atomic E-state index is -1.19. The third-order valence-electron chi connectivity index (χ3n) is 5.57. The van der Waals surface area contributed by atoms with E-state index in [2.05, 4.69) is 10.6 Å². The fourth-order valence-electron chi connectivity index (χ4n) is 3.95. The van der Waals surface area contributed by atoms with Crippen LogP contribution in [-0.4, -0.2) is 70.9 Å². The Morgan fingerprint density at radius 3 is 2.63 bits per heavy atom. The molecule has 0 aromatic rings. The number of carbonyl (C=O) groups is 5. The van der Waals surface area contributed by atoms with Crippen molar-refractivity contribution in [3.8, 4) is 0 Å². The van der Waals surface area contributed by atoms with E-state index in [1.54, 1.807) is 0 Å². The summed E-state index contributed by atoms with van der Waals surface area (Å²) in [6, 6.07) is -1.16. The van der Waals surface area contributed by atoms with Crippen LogP contribution in [0.1, 0.15) is 39.5 Å². The maximum absolute atomic E-state index is 12.8. The number of carbonyl (C=O) groups excluding carboxylic acids is 5. The standard InChI is InChI=1S/C17H24N4O6/c1-10-5-3-4-6-17(10)14(24)21(16(26)19-17)9-12(22)27-11(2)13(23)20-8-7-18-15(20)25/h10-11H,3-9H2,1-2H3,(H,18,25)(H,19,26)/t10-,11-,17-/m0/s1. The van der Waals surface area contributed by atoms with Crippen molar-refractivity contribution in [1.29, 1.82) is 0 Å². The first kappa shape index (κ1) is 19.1. The van der Waals surface area contributed by atoms with Crippen LogP contribution in [0.5, 0.6) is 0 Å². The van der Waals surface area contributed by atoms with Gasteiger partial charge in [-0.2, -0.15) is 0 Å². The van der Waals surface area contributed by atoms with E-state index in [0.717, 1.165) is 29.1 Å². The molecular formula is C17H24N4O6. The van der Waals surface area contributed by atoms with Crippen LogP contribution in [0.25, 0.3) is 0 Å². The summed E-state index contributed by atoms with van der Waals surface area (Å²) in [5.74, 6) is -1.96. The molecule has 2 heterocycles. The zero-order valence-electron chi connectivity index (χ0n) is 15.4. The summed E-state index contributed by atoms with van der Waals surface area (Å²) in [6.07, 6.45) is 2.01. The van der Waals surface area contributed by atoms with E-state index in [9.17, 15) is 24.0 Å². The second kappa shape index (κ2) is 7.16. The Labute approximate surface area is 156 Å². The fourth-order valence-corrected chi connectivity index (χ4v) is 3.95. The summed E-state index contributed by atoms with van der Waals surface area (Å²) >= 11 is 0. The molecule has 0 bridgehead atoms. The van der Waals surface area contributed by atoms with Gasteiger partial charge in [-0.15, -0.1) is 0 Å². The van der Waals surface area contributed by atoms with Crippen LogP contribution in [0.2, 0.25) is 0 Å². The largest absolute Gasteiger partial charge is 0.451 e. The smallest absolute Gasteiger partial charge is 0.327 e. The number of rotatable bonds is 4. The SMILES string of the molecule is C[C@H](OC(=O)CN1C(=O)N[C@]2(CCCC[C@@H]2C)C1=O)C(=O)N1CCNC1=O. The summed E-state index contributed by atoms with van der Waals surface area (Å²) < 4.78 is 5.05. The van der Waals surface area contributed by atoms with E-state index >= 15 is 0 Å². The third-order valence-corrected chi connectivity index (χ3v) is 5.57. The van der Waals surface area contributed by atoms with Gasteiger partial charge in [0.05, 0.1) is 0 Å². The number of ether oxygens (including phenoxy) is 1. The second-order valence-electron chi connectivity index (χ2n) is 7.29. The van der Waals surface area contributed by atoms with Gasteiger partial charge in [0.1, 0.15) is 12.1 Å². The highest BCUT2D eigenvalue weighted by atomic mass is 16.5. The maximum atomic E-state index is 12.8. The van der Waals surface area contributed by atoms with Gasteiger partial charge in [0.2, 0.25) is 0 Å². The van der Waals surface area contributed by atoms with Crippen LogP contribution >= 0.6 is 0 Å². The molecule has 0 unspecified atom stereocenters. The molecule has 0 aromatic heterocycles. The molecule has 2 aliphatic heterocycles. The lowest BCUT2D eigenvalue weighted by atomic mass is 9.73. The lowest BCUT2D eigenvalue weighted by molar-refractivity contribution is -0.159. The number of amides is 6. The molecule has 1 spiro atoms. The number of imide groups is 2. The van der Waals surface area contributed by atoms with Crippen LogP contribution in [0.3, 0.4) is 0 Å². The first-order valence-corrected chi connectivity index (χ1v) is 9.19. The number of nitrogens with zero attached hydrogens (tertiary/aromatic N) is 2. The predicted molar refractivity (Wildman–Crippen MR) is 91.3 cm³/mol. The normalized spacial score (nSPS) is 29.0. The van der Waals surface area contributed by atoms with Crippen LogP contribution in [0.15, 0.2) is 0 Å². The summed E-state index contributed by atoms with van der Waals surface area (Å²) in [7, 11) is 0. The molecule has 3 fully saturated rings. The quantitative estimate of drug-likeness (QED) is 0.521. The van der Waals surface area contributed by atoms with E-state index < -0.39 is 48.0 Å². The van der Waals surface area contributed by atoms with Gasteiger partial charge in [0.25, 0.3) is 11.8 Å². The monoisotopic (exact) mass is 380 g/mol. The molecule has 148 valence electrons. The molecule has 10 heteroatoms. The Bertz CT molecular complexity index is 695. The fraction of sp³-hybridized carbons (Fsp3) is 0.706. The molecular weight excluding hydrogens is 356 g/mol. The van der Waals surface area contributed by atoms with Gasteiger partial charge >= 0.3 is 18.0 Å². The highest BCUT2D eigenvalue weighted by molar-refractivity contribution is 6.09. The van der Waals surface area contributed by atoms with Gasteiger partial charge in [0.15, 0.2) is 6.10 Å². The molecule has 3 aliphatic rings. The number of esters is 1. The van der Waals surface area contributed by atoms with Crippen molar-refractivity contribution in [2.24, 2.45) is 5.92 Å². The van der Waals surface area contributed by atoms with E-state index in [0.29, 0.717) is 13.0 Å². The van der Waals surface area contributed by atoms with Gasteiger partial charge in [-0.25, -0.2) is 9.59 Å². The summed E-state index contributed by atoms with van der Waals surface area (Å²) in [5.41, 5.74) is -0.954. The summed E-state index contributed by atoms with van der Waals surface area (Å²) in [6.45, 7) is 3.24. The minimum Gasteiger partial charge on any atom is -0.451 e. The van der Waals surface area contributed by atoms with Crippen LogP contribution in [0, 0.1) is 5.92 Å². The van der Waals surface area contributed by atoms with Crippen molar-refractivity contribution in [1.82, 2.24) is 20.4 Å². The van der Waals surface area contributed by atoms with Gasteiger partial charge in [0, 0.05) is 13.1 Å². The lowest BCUT2D eigenvalue weighted by Gasteiger charge is -2.36. The van der Waals surface area contributed by atoms with E-state index in [1.165, 1.54) is 6.92 Å². The van der Waals surface area contributed by atoms with Crippen molar-refractivity contribution < 1.29 is 28.7 Å².